The molecule has 2 fully saturated rings. The van der Waals surface area contributed by atoms with Gasteiger partial charge >= 0.3 is 6.09 Å². The van der Waals surface area contributed by atoms with Gasteiger partial charge in [0.05, 0.1) is 19.7 Å². The summed E-state index contributed by atoms with van der Waals surface area (Å²) in [7, 11) is 0. The van der Waals surface area contributed by atoms with Gasteiger partial charge in [0.1, 0.15) is 6.61 Å². The second kappa shape index (κ2) is 4.80. The van der Waals surface area contributed by atoms with E-state index in [-0.39, 0.29) is 25.7 Å². The quantitative estimate of drug-likeness (QED) is 0.682. The smallest absolute Gasteiger partial charge is 0.416 e. The molecule has 0 radical (unpaired) electrons. The van der Waals surface area contributed by atoms with Gasteiger partial charge in [-0.2, -0.15) is 0 Å². The minimum absolute atomic E-state index is 0.0359. The van der Waals surface area contributed by atoms with Crippen molar-refractivity contribution in [2.24, 2.45) is 0 Å². The van der Waals surface area contributed by atoms with Crippen LogP contribution in [-0.4, -0.2) is 65.8 Å². The van der Waals surface area contributed by atoms with Gasteiger partial charge in [-0.1, -0.05) is 0 Å². The molecule has 1 saturated carbocycles. The number of amides is 2. The van der Waals surface area contributed by atoms with Gasteiger partial charge in [0.25, 0.3) is 0 Å². The highest BCUT2D eigenvalue weighted by molar-refractivity contribution is 5.94. The fourth-order valence-corrected chi connectivity index (χ4v) is 1.84. The van der Waals surface area contributed by atoms with E-state index in [0.717, 1.165) is 17.7 Å². The highest BCUT2D eigenvalue weighted by Crippen LogP contribution is 2.26. The first-order valence-corrected chi connectivity index (χ1v) is 5.54. The summed E-state index contributed by atoms with van der Waals surface area (Å²) in [5.74, 6) is -0.233. The number of carbonyl (C=O) groups excluding carboxylic acids is 2. The fraction of sp³-hybridized carbons (Fsp3) is 0.800. The number of hydrogen-bond acceptors (Lipinski definition) is 5. The van der Waals surface area contributed by atoms with E-state index in [1.165, 1.54) is 0 Å². The van der Waals surface area contributed by atoms with Crippen molar-refractivity contribution in [1.82, 2.24) is 9.80 Å². The van der Waals surface area contributed by atoms with Crippen LogP contribution in [0.15, 0.2) is 0 Å². The Morgan fingerprint density at radius 1 is 1.56 bits per heavy atom. The maximum Gasteiger partial charge on any atom is 0.416 e. The lowest BCUT2D eigenvalue weighted by Gasteiger charge is -2.21. The summed E-state index contributed by atoms with van der Waals surface area (Å²) in [5.41, 5.74) is 0. The highest BCUT2D eigenvalue weighted by Gasteiger charge is 2.34. The highest BCUT2D eigenvalue weighted by atomic mass is 16.6. The molecule has 6 heteroatoms. The molecule has 1 saturated heterocycles. The minimum Gasteiger partial charge on any atom is -0.447 e. The monoisotopic (exact) mass is 228 g/mol. The lowest BCUT2D eigenvalue weighted by molar-refractivity contribution is -0.129. The first-order valence-electron chi connectivity index (χ1n) is 5.54. The molecule has 0 aromatic rings. The van der Waals surface area contributed by atoms with Gasteiger partial charge in [0.2, 0.25) is 5.91 Å². The van der Waals surface area contributed by atoms with Crippen molar-refractivity contribution in [3.05, 3.63) is 0 Å². The van der Waals surface area contributed by atoms with E-state index in [2.05, 4.69) is 0 Å². The summed E-state index contributed by atoms with van der Waals surface area (Å²) in [4.78, 5) is 26.0. The molecule has 1 aliphatic heterocycles. The summed E-state index contributed by atoms with van der Waals surface area (Å²) in [6.45, 7) is 1.34. The number of nitrogens with zero attached hydrogens (tertiary/aromatic N) is 2. The zero-order chi connectivity index (χ0) is 11.5. The third kappa shape index (κ3) is 2.51. The van der Waals surface area contributed by atoms with Gasteiger partial charge in [-0.25, -0.2) is 9.69 Å². The van der Waals surface area contributed by atoms with Crippen LogP contribution in [-0.2, 0) is 9.53 Å². The maximum absolute atomic E-state index is 11.8. The number of imide groups is 1. The Bertz CT molecular complexity index is 291. The molecule has 2 rings (SSSR count). The molecular weight excluding hydrogens is 212 g/mol. The van der Waals surface area contributed by atoms with Crippen LogP contribution < -0.4 is 0 Å². The first-order chi connectivity index (χ1) is 7.72. The molecule has 90 valence electrons. The fourth-order valence-electron chi connectivity index (χ4n) is 1.84. The standard InChI is InChI=1S/C10H16N2O4/c13-5-3-11(8-1-2-8)7-9(14)12-4-6-16-10(12)15/h8,13H,1-7H2. The van der Waals surface area contributed by atoms with Crippen LogP contribution in [0.4, 0.5) is 4.79 Å². The van der Waals surface area contributed by atoms with Gasteiger partial charge < -0.3 is 9.84 Å². The lowest BCUT2D eigenvalue weighted by Crippen LogP contribution is -2.42. The third-order valence-corrected chi connectivity index (χ3v) is 2.85. The van der Waals surface area contributed by atoms with Crippen molar-refractivity contribution in [3.8, 4) is 0 Å². The van der Waals surface area contributed by atoms with Gasteiger partial charge in [-0.3, -0.25) is 9.69 Å². The largest absolute Gasteiger partial charge is 0.447 e. The minimum atomic E-state index is -0.551. The van der Waals surface area contributed by atoms with Crippen LogP contribution in [0.2, 0.25) is 0 Å². The summed E-state index contributed by atoms with van der Waals surface area (Å²) in [6.07, 6.45) is 1.58. The lowest BCUT2D eigenvalue weighted by atomic mass is 10.4. The van der Waals surface area contributed by atoms with Crippen LogP contribution in [0.3, 0.4) is 0 Å². The molecule has 1 heterocycles. The van der Waals surface area contributed by atoms with Crippen LogP contribution in [0.5, 0.6) is 0 Å². The van der Waals surface area contributed by atoms with E-state index in [9.17, 15) is 9.59 Å². The van der Waals surface area contributed by atoms with Crippen molar-refractivity contribution in [2.45, 2.75) is 18.9 Å². The number of hydrogen-bond donors (Lipinski definition) is 1. The zero-order valence-corrected chi connectivity index (χ0v) is 9.09. The molecule has 0 aromatic carbocycles. The molecule has 2 aliphatic rings. The Hall–Kier alpha value is -1.14. The number of carbonyl (C=O) groups is 2. The molecule has 1 aliphatic carbocycles. The number of ether oxygens (including phenoxy) is 1. The molecule has 0 aromatic heterocycles. The number of aliphatic hydroxyl groups is 1. The Morgan fingerprint density at radius 3 is 2.81 bits per heavy atom. The average Bonchev–Trinajstić information content (AvgIpc) is 3.00. The Kier molecular flexibility index (Phi) is 3.40. The predicted octanol–water partition coefficient (Wildman–Crippen LogP) is -0.578. The average molecular weight is 228 g/mol. The Balaban J connectivity index is 1.86. The predicted molar refractivity (Wildman–Crippen MR) is 54.7 cm³/mol. The number of aliphatic hydroxyl groups excluding tert-OH is 1. The molecule has 0 unspecified atom stereocenters. The van der Waals surface area contributed by atoms with E-state index >= 15 is 0 Å². The Labute approximate surface area is 93.8 Å². The zero-order valence-electron chi connectivity index (χ0n) is 9.09. The summed E-state index contributed by atoms with van der Waals surface area (Å²) >= 11 is 0. The number of rotatable bonds is 5. The van der Waals surface area contributed by atoms with Gasteiger partial charge in [-0.05, 0) is 12.8 Å². The van der Waals surface area contributed by atoms with Crippen LogP contribution >= 0.6 is 0 Å². The van der Waals surface area contributed by atoms with E-state index in [1.807, 2.05) is 4.90 Å². The van der Waals surface area contributed by atoms with E-state index in [4.69, 9.17) is 9.84 Å². The molecule has 16 heavy (non-hydrogen) atoms. The second-order valence-corrected chi connectivity index (χ2v) is 4.09. The van der Waals surface area contributed by atoms with Crippen molar-refractivity contribution < 1.29 is 19.4 Å². The Morgan fingerprint density at radius 2 is 2.31 bits per heavy atom. The third-order valence-electron chi connectivity index (χ3n) is 2.85. The van der Waals surface area contributed by atoms with Gasteiger partial charge in [0, 0.05) is 12.6 Å². The van der Waals surface area contributed by atoms with Crippen LogP contribution in [0.25, 0.3) is 0 Å². The van der Waals surface area contributed by atoms with Crippen molar-refractivity contribution in [1.29, 1.82) is 0 Å². The molecular formula is C10H16N2O4. The van der Waals surface area contributed by atoms with Crippen molar-refractivity contribution >= 4 is 12.0 Å². The van der Waals surface area contributed by atoms with E-state index < -0.39 is 6.09 Å². The van der Waals surface area contributed by atoms with Crippen molar-refractivity contribution in [3.63, 3.8) is 0 Å². The van der Waals surface area contributed by atoms with Crippen LogP contribution in [0, 0.1) is 0 Å². The molecule has 2 amide bonds. The van der Waals surface area contributed by atoms with Gasteiger partial charge in [-0.15, -0.1) is 0 Å². The first kappa shape index (κ1) is 11.3. The normalized spacial score (nSPS) is 20.4. The van der Waals surface area contributed by atoms with E-state index in [0.29, 0.717) is 19.1 Å². The molecule has 0 atom stereocenters. The number of cyclic esters (lactones) is 1. The summed E-state index contributed by atoms with van der Waals surface area (Å²) < 4.78 is 4.70. The SMILES string of the molecule is O=C(CN(CCO)C1CC1)N1CCOC1=O. The van der Waals surface area contributed by atoms with Gasteiger partial charge in [0.15, 0.2) is 0 Å². The van der Waals surface area contributed by atoms with Crippen molar-refractivity contribution in [2.75, 3.05) is 32.8 Å². The van der Waals surface area contributed by atoms with E-state index in [1.54, 1.807) is 0 Å². The van der Waals surface area contributed by atoms with Crippen LogP contribution in [0.1, 0.15) is 12.8 Å². The molecule has 0 bridgehead atoms. The second-order valence-electron chi connectivity index (χ2n) is 4.09. The summed E-state index contributed by atoms with van der Waals surface area (Å²) in [6, 6.07) is 0.398. The maximum atomic E-state index is 11.8. The molecule has 1 N–H and O–H groups in total. The molecule has 6 nitrogen and oxygen atoms in total. The molecule has 0 spiro atoms. The topological polar surface area (TPSA) is 70.1 Å². The summed E-state index contributed by atoms with van der Waals surface area (Å²) in [5, 5.41) is 8.89.